The fraction of sp³-hybridized carbons (Fsp3) is 0.571. The van der Waals surface area contributed by atoms with Crippen LogP contribution in [0.25, 0.3) is 0 Å². The molecular weight excluding hydrogens is 198 g/mol. The summed E-state index contributed by atoms with van der Waals surface area (Å²) in [5.74, 6) is 1.52. The first kappa shape index (κ1) is 13.0. The summed E-state index contributed by atoms with van der Waals surface area (Å²) in [5, 5.41) is 3.33. The summed E-state index contributed by atoms with van der Waals surface area (Å²) in [7, 11) is 0. The van der Waals surface area contributed by atoms with Gasteiger partial charge in [-0.15, -0.1) is 0 Å². The minimum absolute atomic E-state index is 0.519. The van der Waals surface area contributed by atoms with Crippen molar-refractivity contribution in [3.63, 3.8) is 0 Å². The fourth-order valence-corrected chi connectivity index (χ4v) is 1.48. The SMILES string of the molecule is CC(C)NCCOc1cccc(C(C)C)c1. The molecule has 90 valence electrons. The van der Waals surface area contributed by atoms with Gasteiger partial charge in [-0.3, -0.25) is 0 Å². The van der Waals surface area contributed by atoms with Gasteiger partial charge in [-0.2, -0.15) is 0 Å². The average Bonchev–Trinajstić information content (AvgIpc) is 2.24. The highest BCUT2D eigenvalue weighted by Gasteiger charge is 2.00. The van der Waals surface area contributed by atoms with Crippen molar-refractivity contribution in [1.82, 2.24) is 5.32 Å². The quantitative estimate of drug-likeness (QED) is 0.745. The lowest BCUT2D eigenvalue weighted by atomic mass is 10.0. The summed E-state index contributed by atoms with van der Waals surface area (Å²) in [6, 6.07) is 8.86. The summed E-state index contributed by atoms with van der Waals surface area (Å²) in [6.07, 6.45) is 0. The minimum Gasteiger partial charge on any atom is -0.492 e. The highest BCUT2D eigenvalue weighted by Crippen LogP contribution is 2.19. The van der Waals surface area contributed by atoms with E-state index in [-0.39, 0.29) is 0 Å². The van der Waals surface area contributed by atoms with Gasteiger partial charge in [-0.1, -0.05) is 39.8 Å². The van der Waals surface area contributed by atoms with E-state index in [1.54, 1.807) is 0 Å². The molecule has 0 unspecified atom stereocenters. The Labute approximate surface area is 99.0 Å². The molecule has 1 N–H and O–H groups in total. The van der Waals surface area contributed by atoms with Gasteiger partial charge in [0.05, 0.1) is 0 Å². The van der Waals surface area contributed by atoms with Crippen LogP contribution in [0.2, 0.25) is 0 Å². The first-order chi connectivity index (χ1) is 7.59. The van der Waals surface area contributed by atoms with Gasteiger partial charge in [-0.05, 0) is 23.6 Å². The Bertz CT molecular complexity index is 307. The summed E-state index contributed by atoms with van der Waals surface area (Å²) < 4.78 is 5.68. The van der Waals surface area contributed by atoms with Crippen LogP contribution in [0.4, 0.5) is 0 Å². The van der Waals surface area contributed by atoms with E-state index in [9.17, 15) is 0 Å². The zero-order valence-corrected chi connectivity index (χ0v) is 10.8. The van der Waals surface area contributed by atoms with Crippen molar-refractivity contribution in [2.75, 3.05) is 13.2 Å². The van der Waals surface area contributed by atoms with Gasteiger partial charge >= 0.3 is 0 Å². The van der Waals surface area contributed by atoms with Crippen molar-refractivity contribution < 1.29 is 4.74 Å². The van der Waals surface area contributed by atoms with E-state index in [4.69, 9.17) is 4.74 Å². The number of nitrogens with one attached hydrogen (secondary N) is 1. The molecule has 0 bridgehead atoms. The Morgan fingerprint density at radius 1 is 1.19 bits per heavy atom. The van der Waals surface area contributed by atoms with Gasteiger partial charge in [0, 0.05) is 12.6 Å². The summed E-state index contributed by atoms with van der Waals surface area (Å²) >= 11 is 0. The van der Waals surface area contributed by atoms with Gasteiger partial charge < -0.3 is 10.1 Å². The zero-order valence-electron chi connectivity index (χ0n) is 10.8. The number of hydrogen-bond acceptors (Lipinski definition) is 2. The normalized spacial score (nSPS) is 11.1. The summed E-state index contributed by atoms with van der Waals surface area (Å²) in [4.78, 5) is 0. The molecular formula is C14H23NO. The fourth-order valence-electron chi connectivity index (χ4n) is 1.48. The highest BCUT2D eigenvalue weighted by molar-refractivity contribution is 5.30. The molecule has 2 heteroatoms. The molecule has 0 aliphatic carbocycles. The lowest BCUT2D eigenvalue weighted by molar-refractivity contribution is 0.308. The maximum atomic E-state index is 5.68. The molecule has 0 spiro atoms. The Morgan fingerprint density at radius 3 is 2.56 bits per heavy atom. The lowest BCUT2D eigenvalue weighted by Crippen LogP contribution is -2.27. The largest absolute Gasteiger partial charge is 0.492 e. The number of ether oxygens (including phenoxy) is 1. The average molecular weight is 221 g/mol. The summed E-state index contributed by atoms with van der Waals surface area (Å²) in [6.45, 7) is 10.3. The third-order valence-electron chi connectivity index (χ3n) is 2.45. The van der Waals surface area contributed by atoms with E-state index in [2.05, 4.69) is 51.2 Å². The second-order valence-corrected chi connectivity index (χ2v) is 4.68. The molecule has 0 saturated heterocycles. The van der Waals surface area contributed by atoms with Crippen molar-refractivity contribution in [2.45, 2.75) is 39.7 Å². The van der Waals surface area contributed by atoms with Gasteiger partial charge in [0.1, 0.15) is 12.4 Å². The van der Waals surface area contributed by atoms with Crippen LogP contribution in [-0.4, -0.2) is 19.2 Å². The molecule has 0 amide bonds. The molecule has 0 aliphatic heterocycles. The molecule has 0 fully saturated rings. The minimum atomic E-state index is 0.519. The van der Waals surface area contributed by atoms with Crippen LogP contribution in [0.5, 0.6) is 5.75 Å². The molecule has 0 radical (unpaired) electrons. The molecule has 16 heavy (non-hydrogen) atoms. The second kappa shape index (κ2) is 6.54. The lowest BCUT2D eigenvalue weighted by Gasteiger charge is -2.11. The van der Waals surface area contributed by atoms with E-state index in [0.29, 0.717) is 12.0 Å². The predicted octanol–water partition coefficient (Wildman–Crippen LogP) is 3.19. The third kappa shape index (κ3) is 4.67. The van der Waals surface area contributed by atoms with Crippen molar-refractivity contribution in [1.29, 1.82) is 0 Å². The smallest absolute Gasteiger partial charge is 0.119 e. The first-order valence-electron chi connectivity index (χ1n) is 6.05. The molecule has 2 nitrogen and oxygen atoms in total. The Morgan fingerprint density at radius 2 is 1.94 bits per heavy atom. The molecule has 1 aromatic carbocycles. The molecule has 0 saturated carbocycles. The molecule has 0 heterocycles. The van der Waals surface area contributed by atoms with Gasteiger partial charge in [0.25, 0.3) is 0 Å². The van der Waals surface area contributed by atoms with Crippen LogP contribution in [0.1, 0.15) is 39.2 Å². The van der Waals surface area contributed by atoms with Crippen LogP contribution < -0.4 is 10.1 Å². The Balaban J connectivity index is 2.39. The Hall–Kier alpha value is -1.02. The van der Waals surface area contributed by atoms with Crippen molar-refractivity contribution in [3.8, 4) is 5.75 Å². The first-order valence-corrected chi connectivity index (χ1v) is 6.05. The molecule has 0 atom stereocenters. The van der Waals surface area contributed by atoms with Gasteiger partial charge in [0.2, 0.25) is 0 Å². The monoisotopic (exact) mass is 221 g/mol. The molecule has 0 aromatic heterocycles. The topological polar surface area (TPSA) is 21.3 Å². The van der Waals surface area contributed by atoms with Crippen LogP contribution in [0.15, 0.2) is 24.3 Å². The van der Waals surface area contributed by atoms with E-state index in [1.807, 2.05) is 6.07 Å². The highest BCUT2D eigenvalue weighted by atomic mass is 16.5. The molecule has 0 aliphatic rings. The predicted molar refractivity (Wildman–Crippen MR) is 69.2 cm³/mol. The number of benzene rings is 1. The standard InChI is InChI=1S/C14H23NO/c1-11(2)13-6-5-7-14(10-13)16-9-8-15-12(3)4/h5-7,10-12,15H,8-9H2,1-4H3. The van der Waals surface area contributed by atoms with Crippen LogP contribution in [0, 0.1) is 0 Å². The second-order valence-electron chi connectivity index (χ2n) is 4.68. The third-order valence-corrected chi connectivity index (χ3v) is 2.45. The maximum absolute atomic E-state index is 5.68. The van der Waals surface area contributed by atoms with Crippen molar-refractivity contribution >= 4 is 0 Å². The maximum Gasteiger partial charge on any atom is 0.119 e. The molecule has 1 aromatic rings. The van der Waals surface area contributed by atoms with E-state index >= 15 is 0 Å². The zero-order chi connectivity index (χ0) is 12.0. The van der Waals surface area contributed by atoms with Crippen molar-refractivity contribution in [3.05, 3.63) is 29.8 Å². The van der Waals surface area contributed by atoms with E-state index < -0.39 is 0 Å². The van der Waals surface area contributed by atoms with Crippen LogP contribution in [-0.2, 0) is 0 Å². The van der Waals surface area contributed by atoms with Crippen LogP contribution >= 0.6 is 0 Å². The van der Waals surface area contributed by atoms with Gasteiger partial charge in [0.15, 0.2) is 0 Å². The number of rotatable bonds is 6. The van der Waals surface area contributed by atoms with E-state index in [1.165, 1.54) is 5.56 Å². The number of hydrogen-bond donors (Lipinski definition) is 1. The van der Waals surface area contributed by atoms with Crippen LogP contribution in [0.3, 0.4) is 0 Å². The van der Waals surface area contributed by atoms with Gasteiger partial charge in [-0.25, -0.2) is 0 Å². The van der Waals surface area contributed by atoms with E-state index in [0.717, 1.165) is 18.9 Å². The van der Waals surface area contributed by atoms with Crippen molar-refractivity contribution in [2.24, 2.45) is 0 Å². The Kier molecular flexibility index (Phi) is 5.33. The molecule has 1 rings (SSSR count). The summed E-state index contributed by atoms with van der Waals surface area (Å²) in [5.41, 5.74) is 1.33.